The first kappa shape index (κ1) is 11.1. The summed E-state index contributed by atoms with van der Waals surface area (Å²) in [7, 11) is 0. The van der Waals surface area contributed by atoms with Crippen LogP contribution >= 0.6 is 15.9 Å². The summed E-state index contributed by atoms with van der Waals surface area (Å²) in [5.74, 6) is 0.0425. The van der Waals surface area contributed by atoms with Gasteiger partial charge in [0.2, 0.25) is 0 Å². The van der Waals surface area contributed by atoms with Crippen molar-refractivity contribution >= 4 is 21.7 Å². The van der Waals surface area contributed by atoms with Gasteiger partial charge in [-0.15, -0.1) is 0 Å². The summed E-state index contributed by atoms with van der Waals surface area (Å²) in [6.45, 7) is 3.45. The molecule has 82 valence electrons. The Balaban J connectivity index is 2.49. The monoisotopic (exact) mass is 278 g/mol. The number of carbonyl (C=O) groups excluding carboxylic acids is 1. The average Bonchev–Trinajstić information content (AvgIpc) is 2.61. The van der Waals surface area contributed by atoms with Crippen LogP contribution in [0.1, 0.15) is 23.0 Å². The number of Topliss-reactive ketones (excluding diaryl/α,β-unsaturated/α-hetero) is 1. The van der Waals surface area contributed by atoms with Crippen LogP contribution in [-0.2, 0) is 0 Å². The number of ketones is 1. The molecule has 0 N–H and O–H groups in total. The lowest BCUT2D eigenvalue weighted by Crippen LogP contribution is -2.00. The molecule has 16 heavy (non-hydrogen) atoms. The molecule has 1 aromatic heterocycles. The number of hydrogen-bond acceptors (Lipinski definition) is 2. The number of rotatable bonds is 2. The van der Waals surface area contributed by atoms with Gasteiger partial charge < -0.3 is 0 Å². The van der Waals surface area contributed by atoms with E-state index < -0.39 is 0 Å². The first-order valence-corrected chi connectivity index (χ1v) is 5.70. The summed E-state index contributed by atoms with van der Waals surface area (Å²) in [4.78, 5) is 11.3. The second-order valence-electron chi connectivity index (χ2n) is 3.59. The van der Waals surface area contributed by atoms with E-state index >= 15 is 0 Å². The quantitative estimate of drug-likeness (QED) is 0.791. The Kier molecular flexibility index (Phi) is 2.92. The molecular weight excluding hydrogens is 268 g/mol. The lowest BCUT2D eigenvalue weighted by molar-refractivity contribution is 0.101. The zero-order valence-electron chi connectivity index (χ0n) is 9.07. The number of halogens is 1. The van der Waals surface area contributed by atoms with Crippen molar-refractivity contribution in [2.45, 2.75) is 13.8 Å². The van der Waals surface area contributed by atoms with Gasteiger partial charge >= 0.3 is 0 Å². The van der Waals surface area contributed by atoms with E-state index in [1.54, 1.807) is 17.8 Å². The van der Waals surface area contributed by atoms with Gasteiger partial charge in [0.05, 0.1) is 23.1 Å². The molecule has 2 rings (SSSR count). The fraction of sp³-hybridized carbons (Fsp3) is 0.167. The molecule has 0 spiro atoms. The number of carbonyl (C=O) groups is 1. The maximum atomic E-state index is 11.3. The standard InChI is InChI=1S/C12H11BrN2O/c1-8-12(9(2)16)7-14-15(8)11-5-3-10(13)4-6-11/h3-7H,1-2H3. The fourth-order valence-corrected chi connectivity index (χ4v) is 1.86. The third-order valence-corrected chi connectivity index (χ3v) is 2.99. The molecule has 0 aliphatic carbocycles. The molecule has 0 fully saturated rings. The van der Waals surface area contributed by atoms with Crippen LogP contribution in [0.15, 0.2) is 34.9 Å². The molecule has 0 bridgehead atoms. The minimum absolute atomic E-state index is 0.0425. The van der Waals surface area contributed by atoms with Gasteiger partial charge in [-0.05, 0) is 38.1 Å². The van der Waals surface area contributed by atoms with E-state index in [0.29, 0.717) is 5.56 Å². The maximum absolute atomic E-state index is 11.3. The lowest BCUT2D eigenvalue weighted by Gasteiger charge is -2.04. The Morgan fingerprint density at radius 3 is 2.44 bits per heavy atom. The average molecular weight is 279 g/mol. The van der Waals surface area contributed by atoms with Crippen molar-refractivity contribution in [3.63, 3.8) is 0 Å². The third-order valence-electron chi connectivity index (χ3n) is 2.46. The molecule has 0 aliphatic heterocycles. The number of aromatic nitrogens is 2. The van der Waals surface area contributed by atoms with Crippen LogP contribution in [0.3, 0.4) is 0 Å². The molecule has 0 amide bonds. The predicted octanol–water partition coefficient (Wildman–Crippen LogP) is 3.15. The summed E-state index contributed by atoms with van der Waals surface area (Å²) in [6.07, 6.45) is 1.61. The van der Waals surface area contributed by atoms with Crippen molar-refractivity contribution in [2.24, 2.45) is 0 Å². The normalized spacial score (nSPS) is 10.4. The fourth-order valence-electron chi connectivity index (χ4n) is 1.60. The molecule has 0 saturated carbocycles. The van der Waals surface area contributed by atoms with Crippen LogP contribution < -0.4 is 0 Å². The highest BCUT2D eigenvalue weighted by Gasteiger charge is 2.10. The molecular formula is C12H11BrN2O. The van der Waals surface area contributed by atoms with E-state index in [-0.39, 0.29) is 5.78 Å². The molecule has 3 nitrogen and oxygen atoms in total. The number of hydrogen-bond donors (Lipinski definition) is 0. The molecule has 0 radical (unpaired) electrons. The SMILES string of the molecule is CC(=O)c1cnn(-c2ccc(Br)cc2)c1C. The van der Waals surface area contributed by atoms with E-state index in [1.807, 2.05) is 31.2 Å². The Morgan fingerprint density at radius 2 is 1.94 bits per heavy atom. The van der Waals surface area contributed by atoms with Crippen LogP contribution in [0.4, 0.5) is 0 Å². The van der Waals surface area contributed by atoms with Crippen molar-refractivity contribution in [3.8, 4) is 5.69 Å². The van der Waals surface area contributed by atoms with Gasteiger partial charge in [0, 0.05) is 4.47 Å². The van der Waals surface area contributed by atoms with Crippen molar-refractivity contribution in [2.75, 3.05) is 0 Å². The summed E-state index contributed by atoms with van der Waals surface area (Å²) >= 11 is 3.38. The lowest BCUT2D eigenvalue weighted by atomic mass is 10.2. The smallest absolute Gasteiger partial charge is 0.163 e. The molecule has 0 unspecified atom stereocenters. The summed E-state index contributed by atoms with van der Waals surface area (Å²) < 4.78 is 2.79. The van der Waals surface area contributed by atoms with E-state index in [1.165, 1.54) is 0 Å². The Hall–Kier alpha value is -1.42. The van der Waals surface area contributed by atoms with Gasteiger partial charge in [0.1, 0.15) is 0 Å². The highest BCUT2D eigenvalue weighted by atomic mass is 79.9. The van der Waals surface area contributed by atoms with Crippen LogP contribution in [0.5, 0.6) is 0 Å². The Morgan fingerprint density at radius 1 is 1.31 bits per heavy atom. The van der Waals surface area contributed by atoms with Gasteiger partial charge in [-0.3, -0.25) is 4.79 Å². The topological polar surface area (TPSA) is 34.9 Å². The predicted molar refractivity (Wildman–Crippen MR) is 66.0 cm³/mol. The van der Waals surface area contributed by atoms with Crippen molar-refractivity contribution in [1.82, 2.24) is 9.78 Å². The minimum Gasteiger partial charge on any atom is -0.294 e. The molecule has 1 heterocycles. The van der Waals surface area contributed by atoms with Crippen LogP contribution in [0.2, 0.25) is 0 Å². The number of benzene rings is 1. The van der Waals surface area contributed by atoms with Crippen molar-refractivity contribution in [3.05, 3.63) is 46.2 Å². The number of nitrogens with zero attached hydrogens (tertiary/aromatic N) is 2. The second-order valence-corrected chi connectivity index (χ2v) is 4.50. The molecule has 0 atom stereocenters. The zero-order valence-corrected chi connectivity index (χ0v) is 10.7. The van der Waals surface area contributed by atoms with Gasteiger partial charge in [-0.2, -0.15) is 5.10 Å². The third kappa shape index (κ3) is 1.93. The van der Waals surface area contributed by atoms with Gasteiger partial charge in [0.25, 0.3) is 0 Å². The Labute approximate surface area is 102 Å². The van der Waals surface area contributed by atoms with Crippen LogP contribution in [-0.4, -0.2) is 15.6 Å². The first-order valence-electron chi connectivity index (χ1n) is 4.91. The summed E-state index contributed by atoms with van der Waals surface area (Å²) in [6, 6.07) is 7.80. The van der Waals surface area contributed by atoms with Crippen LogP contribution in [0, 0.1) is 6.92 Å². The second kappa shape index (κ2) is 4.22. The van der Waals surface area contributed by atoms with E-state index in [2.05, 4.69) is 21.0 Å². The van der Waals surface area contributed by atoms with Gasteiger partial charge in [-0.1, -0.05) is 15.9 Å². The molecule has 4 heteroatoms. The molecule has 1 aromatic carbocycles. The first-order chi connectivity index (χ1) is 7.59. The minimum atomic E-state index is 0.0425. The van der Waals surface area contributed by atoms with Crippen molar-refractivity contribution in [1.29, 1.82) is 0 Å². The van der Waals surface area contributed by atoms with E-state index in [0.717, 1.165) is 15.9 Å². The van der Waals surface area contributed by atoms with Crippen molar-refractivity contribution < 1.29 is 4.79 Å². The Bertz CT molecular complexity index is 528. The molecule has 2 aromatic rings. The van der Waals surface area contributed by atoms with E-state index in [9.17, 15) is 4.79 Å². The summed E-state index contributed by atoms with van der Waals surface area (Å²) in [5.41, 5.74) is 2.49. The largest absolute Gasteiger partial charge is 0.294 e. The highest BCUT2D eigenvalue weighted by Crippen LogP contribution is 2.17. The molecule has 0 saturated heterocycles. The summed E-state index contributed by atoms with van der Waals surface area (Å²) in [5, 5.41) is 4.22. The van der Waals surface area contributed by atoms with E-state index in [4.69, 9.17) is 0 Å². The highest BCUT2D eigenvalue weighted by molar-refractivity contribution is 9.10. The molecule has 0 aliphatic rings. The van der Waals surface area contributed by atoms with Crippen LogP contribution in [0.25, 0.3) is 5.69 Å². The van der Waals surface area contributed by atoms with Gasteiger partial charge in [-0.25, -0.2) is 4.68 Å². The zero-order chi connectivity index (χ0) is 11.7. The van der Waals surface area contributed by atoms with Gasteiger partial charge in [0.15, 0.2) is 5.78 Å². The maximum Gasteiger partial charge on any atom is 0.163 e.